The summed E-state index contributed by atoms with van der Waals surface area (Å²) in [5, 5.41) is 0.705. The summed E-state index contributed by atoms with van der Waals surface area (Å²) >= 11 is 6.03. The summed E-state index contributed by atoms with van der Waals surface area (Å²) in [6, 6.07) is 28.5. The molecule has 0 atom stereocenters. The van der Waals surface area contributed by atoms with Crippen molar-refractivity contribution in [3.8, 4) is 11.3 Å². The average Bonchev–Trinajstić information content (AvgIpc) is 2.93. The van der Waals surface area contributed by atoms with E-state index in [9.17, 15) is 0 Å². The molecule has 1 aromatic heterocycles. The van der Waals surface area contributed by atoms with Gasteiger partial charge in [0.1, 0.15) is 0 Å². The van der Waals surface area contributed by atoms with Crippen LogP contribution in [-0.2, 0) is 17.4 Å². The highest BCUT2D eigenvalue weighted by Gasteiger charge is 2.16. The van der Waals surface area contributed by atoms with Crippen LogP contribution in [0.15, 0.2) is 106 Å². The third-order valence-corrected chi connectivity index (χ3v) is 7.01. The van der Waals surface area contributed by atoms with Gasteiger partial charge >= 0.3 is 0 Å². The van der Waals surface area contributed by atoms with E-state index in [1.165, 1.54) is 11.1 Å². The van der Waals surface area contributed by atoms with E-state index in [1.807, 2.05) is 54.7 Å². The Morgan fingerprint density at radius 1 is 0.700 bits per heavy atom. The van der Waals surface area contributed by atoms with Gasteiger partial charge in [0, 0.05) is 27.9 Å². The van der Waals surface area contributed by atoms with E-state index in [0.29, 0.717) is 23.2 Å². The van der Waals surface area contributed by atoms with Crippen molar-refractivity contribution in [2.45, 2.75) is 58.9 Å². The SMILES string of the molecule is C=N/C(=N\C(=N/Cc1ccc(-c2ccc(Cl)cc2)nc1)c1ccc(C(C)(C)C)cc1)c1ccc(C(C)(C)C)cc1. The minimum atomic E-state index is 0.0548. The van der Waals surface area contributed by atoms with Gasteiger partial charge in [0.2, 0.25) is 0 Å². The van der Waals surface area contributed by atoms with Crippen molar-refractivity contribution in [1.29, 1.82) is 0 Å². The second-order valence-electron chi connectivity index (χ2n) is 11.9. The second kappa shape index (κ2) is 12.1. The first-order chi connectivity index (χ1) is 18.9. The fraction of sp³-hybridized carbons (Fsp3) is 0.257. The lowest BCUT2D eigenvalue weighted by molar-refractivity contribution is 0.590. The molecule has 0 saturated heterocycles. The standard InChI is InChI=1S/C35H37ClN4/c1-34(2,3)28-15-9-26(10-16-28)32(37-7)40-33(27-11-17-29(18-12-27)35(4,5)6)39-23-24-8-21-31(38-22-24)25-13-19-30(36)20-14-25/h8-22H,7,23H2,1-6H3/b39-33-,40-32-. The summed E-state index contributed by atoms with van der Waals surface area (Å²) in [6.07, 6.45) is 1.86. The molecule has 3 aromatic carbocycles. The van der Waals surface area contributed by atoms with Crippen LogP contribution in [0.3, 0.4) is 0 Å². The van der Waals surface area contributed by atoms with E-state index >= 15 is 0 Å². The van der Waals surface area contributed by atoms with E-state index in [2.05, 4.69) is 94.6 Å². The molecule has 0 saturated carbocycles. The molecule has 0 radical (unpaired) electrons. The topological polar surface area (TPSA) is 50.0 Å². The Morgan fingerprint density at radius 2 is 1.23 bits per heavy atom. The maximum Gasteiger partial charge on any atom is 0.161 e. The van der Waals surface area contributed by atoms with Crippen LogP contribution in [0.2, 0.25) is 5.02 Å². The van der Waals surface area contributed by atoms with Gasteiger partial charge in [0.15, 0.2) is 11.7 Å². The highest BCUT2D eigenvalue weighted by atomic mass is 35.5. The zero-order valence-electron chi connectivity index (χ0n) is 24.2. The molecule has 0 aliphatic rings. The smallest absolute Gasteiger partial charge is 0.161 e. The Bertz CT molecular complexity index is 1500. The van der Waals surface area contributed by atoms with Crippen LogP contribution in [0.4, 0.5) is 0 Å². The van der Waals surface area contributed by atoms with Gasteiger partial charge in [-0.2, -0.15) is 0 Å². The van der Waals surface area contributed by atoms with Gasteiger partial charge in [-0.1, -0.05) is 120 Å². The fourth-order valence-corrected chi connectivity index (χ4v) is 4.32. The number of aromatic nitrogens is 1. The Hall–Kier alpha value is -3.89. The second-order valence-corrected chi connectivity index (χ2v) is 12.4. The lowest BCUT2D eigenvalue weighted by atomic mass is 9.86. The Balaban J connectivity index is 1.68. The monoisotopic (exact) mass is 548 g/mol. The number of hydrogen-bond donors (Lipinski definition) is 0. The number of pyridine rings is 1. The number of halogens is 1. The molecule has 0 spiro atoms. The molecule has 4 aromatic rings. The molecule has 4 nitrogen and oxygen atoms in total. The molecule has 5 heteroatoms. The first-order valence-electron chi connectivity index (χ1n) is 13.5. The molecule has 0 unspecified atom stereocenters. The zero-order valence-corrected chi connectivity index (χ0v) is 25.0. The average molecular weight is 549 g/mol. The van der Waals surface area contributed by atoms with Crippen LogP contribution in [0.1, 0.15) is 69.4 Å². The normalized spacial score (nSPS) is 12.9. The Morgan fingerprint density at radius 3 is 1.68 bits per heavy atom. The van der Waals surface area contributed by atoms with Crippen molar-refractivity contribution in [3.05, 3.63) is 124 Å². The maximum absolute atomic E-state index is 6.03. The molecule has 1 heterocycles. The molecule has 0 aliphatic carbocycles. The summed E-state index contributed by atoms with van der Waals surface area (Å²) in [5.74, 6) is 1.14. The van der Waals surface area contributed by atoms with Crippen molar-refractivity contribution in [2.75, 3.05) is 0 Å². The predicted octanol–water partition coefficient (Wildman–Crippen LogP) is 9.09. The van der Waals surface area contributed by atoms with Gasteiger partial charge in [-0.3, -0.25) is 9.98 Å². The molecule has 4 rings (SSSR count). The summed E-state index contributed by atoms with van der Waals surface area (Å²) in [4.78, 5) is 18.8. The highest BCUT2D eigenvalue weighted by molar-refractivity contribution is 6.30. The van der Waals surface area contributed by atoms with Gasteiger partial charge in [-0.05, 0) is 52.4 Å². The van der Waals surface area contributed by atoms with Crippen molar-refractivity contribution < 1.29 is 0 Å². The van der Waals surface area contributed by atoms with Gasteiger partial charge in [0.05, 0.1) is 12.2 Å². The molecule has 0 amide bonds. The lowest BCUT2D eigenvalue weighted by Crippen LogP contribution is -2.12. The third-order valence-electron chi connectivity index (χ3n) is 6.76. The first-order valence-corrected chi connectivity index (χ1v) is 13.8. The van der Waals surface area contributed by atoms with E-state index in [1.54, 1.807) is 0 Å². The molecular weight excluding hydrogens is 512 g/mol. The van der Waals surface area contributed by atoms with E-state index < -0.39 is 0 Å². The molecule has 0 N–H and O–H groups in total. The lowest BCUT2D eigenvalue weighted by Gasteiger charge is -2.19. The highest BCUT2D eigenvalue weighted by Crippen LogP contribution is 2.25. The predicted molar refractivity (Wildman–Crippen MR) is 171 cm³/mol. The number of amidine groups is 2. The first kappa shape index (κ1) is 29.1. The zero-order chi connectivity index (χ0) is 28.9. The number of rotatable bonds is 5. The molecule has 0 aliphatic heterocycles. The minimum Gasteiger partial charge on any atom is -0.261 e. The van der Waals surface area contributed by atoms with Crippen molar-refractivity contribution >= 4 is 30.0 Å². The summed E-state index contributed by atoms with van der Waals surface area (Å²) in [7, 11) is 0. The van der Waals surface area contributed by atoms with Crippen LogP contribution >= 0.6 is 11.6 Å². The Labute approximate surface area is 243 Å². The third kappa shape index (κ3) is 7.40. The van der Waals surface area contributed by atoms with Crippen molar-refractivity contribution in [3.63, 3.8) is 0 Å². The van der Waals surface area contributed by atoms with Gasteiger partial charge in [-0.15, -0.1) is 0 Å². The molecule has 40 heavy (non-hydrogen) atoms. The van der Waals surface area contributed by atoms with Gasteiger partial charge in [0.25, 0.3) is 0 Å². The largest absolute Gasteiger partial charge is 0.261 e. The minimum absolute atomic E-state index is 0.0548. The van der Waals surface area contributed by atoms with Crippen LogP contribution < -0.4 is 0 Å². The van der Waals surface area contributed by atoms with Crippen LogP contribution in [-0.4, -0.2) is 23.4 Å². The van der Waals surface area contributed by atoms with Crippen LogP contribution in [0.25, 0.3) is 11.3 Å². The van der Waals surface area contributed by atoms with E-state index in [4.69, 9.17) is 21.6 Å². The summed E-state index contributed by atoms with van der Waals surface area (Å²) in [6.45, 7) is 17.5. The van der Waals surface area contributed by atoms with E-state index in [-0.39, 0.29) is 10.8 Å². The number of aliphatic imine (C=N–C) groups is 3. The number of hydrogen-bond acceptors (Lipinski definition) is 2. The van der Waals surface area contributed by atoms with Gasteiger partial charge in [-0.25, -0.2) is 9.98 Å². The van der Waals surface area contributed by atoms with Crippen molar-refractivity contribution in [2.24, 2.45) is 15.0 Å². The molecular formula is C35H37ClN4. The van der Waals surface area contributed by atoms with Crippen LogP contribution in [0, 0.1) is 0 Å². The summed E-state index contributed by atoms with van der Waals surface area (Å²) in [5.41, 5.74) is 7.33. The van der Waals surface area contributed by atoms with Gasteiger partial charge < -0.3 is 0 Å². The maximum atomic E-state index is 6.03. The van der Waals surface area contributed by atoms with E-state index in [0.717, 1.165) is 27.9 Å². The molecule has 204 valence electrons. The Kier molecular flexibility index (Phi) is 8.80. The molecule has 0 fully saturated rings. The molecule has 0 bridgehead atoms. The van der Waals surface area contributed by atoms with Crippen molar-refractivity contribution in [1.82, 2.24) is 4.98 Å². The quantitative estimate of drug-likeness (QED) is 0.181. The summed E-state index contributed by atoms with van der Waals surface area (Å²) < 4.78 is 0. The number of nitrogens with zero attached hydrogens (tertiary/aromatic N) is 4. The van der Waals surface area contributed by atoms with Crippen LogP contribution in [0.5, 0.6) is 0 Å². The fourth-order valence-electron chi connectivity index (χ4n) is 4.20. The number of benzene rings is 3.